The molecule has 0 radical (unpaired) electrons. The summed E-state index contributed by atoms with van der Waals surface area (Å²) in [6.45, 7) is 2.41. The van der Waals surface area contributed by atoms with E-state index in [-0.39, 0.29) is 30.9 Å². The fourth-order valence-electron chi connectivity index (χ4n) is 2.71. The van der Waals surface area contributed by atoms with E-state index in [4.69, 9.17) is 16.3 Å². The molecule has 25 heavy (non-hydrogen) atoms. The summed E-state index contributed by atoms with van der Waals surface area (Å²) in [5, 5.41) is 3.37. The van der Waals surface area contributed by atoms with Gasteiger partial charge in [0.15, 0.2) is 6.61 Å². The Morgan fingerprint density at radius 1 is 1.28 bits per heavy atom. The van der Waals surface area contributed by atoms with Gasteiger partial charge in [-0.2, -0.15) is 0 Å². The van der Waals surface area contributed by atoms with E-state index in [1.54, 1.807) is 18.2 Å². The number of nitrogens with one attached hydrogen (secondary N) is 1. The molecule has 1 aliphatic rings. The Morgan fingerprint density at radius 2 is 2.04 bits per heavy atom. The Morgan fingerprint density at radius 3 is 2.80 bits per heavy atom. The molecular weight excluding hydrogens is 340 g/mol. The van der Waals surface area contributed by atoms with Crippen LogP contribution in [0.2, 0.25) is 5.02 Å². The molecule has 1 N–H and O–H groups in total. The highest BCUT2D eigenvalue weighted by Gasteiger charge is 2.27. The molecule has 0 bridgehead atoms. The van der Waals surface area contributed by atoms with Crippen LogP contribution in [0, 0.1) is 0 Å². The molecule has 0 aromatic heterocycles. The van der Waals surface area contributed by atoms with Crippen LogP contribution in [0.15, 0.2) is 48.5 Å². The van der Waals surface area contributed by atoms with Crippen LogP contribution in [-0.4, -0.2) is 31.5 Å². The molecule has 3 rings (SSSR count). The second kappa shape index (κ2) is 7.57. The summed E-state index contributed by atoms with van der Waals surface area (Å²) in [4.78, 5) is 25.9. The van der Waals surface area contributed by atoms with Gasteiger partial charge in [0.25, 0.3) is 5.91 Å². The van der Waals surface area contributed by atoms with Gasteiger partial charge in [0.1, 0.15) is 12.3 Å². The van der Waals surface area contributed by atoms with Crippen LogP contribution in [0.5, 0.6) is 5.75 Å². The zero-order valence-electron chi connectivity index (χ0n) is 13.9. The third kappa shape index (κ3) is 4.12. The molecule has 5 nitrogen and oxygen atoms in total. The van der Waals surface area contributed by atoms with Gasteiger partial charge in [0, 0.05) is 11.6 Å². The fourth-order valence-corrected chi connectivity index (χ4v) is 2.88. The van der Waals surface area contributed by atoms with Gasteiger partial charge in [-0.25, -0.2) is 0 Å². The topological polar surface area (TPSA) is 58.6 Å². The number of carbonyl (C=O) groups excluding carboxylic acids is 2. The number of rotatable bonds is 5. The van der Waals surface area contributed by atoms with Crippen molar-refractivity contribution in [1.82, 2.24) is 5.32 Å². The molecule has 0 aliphatic carbocycles. The summed E-state index contributed by atoms with van der Waals surface area (Å²) in [6.07, 6.45) is 0. The summed E-state index contributed by atoms with van der Waals surface area (Å²) in [7, 11) is 0. The third-order valence-corrected chi connectivity index (χ3v) is 4.37. The number of amides is 2. The normalized spacial score (nSPS) is 14.5. The zero-order valence-corrected chi connectivity index (χ0v) is 14.6. The summed E-state index contributed by atoms with van der Waals surface area (Å²) in [5.74, 6) is 0.256. The lowest BCUT2D eigenvalue weighted by atomic mass is 10.0. The van der Waals surface area contributed by atoms with Crippen molar-refractivity contribution in [3.8, 4) is 5.75 Å². The maximum absolute atomic E-state index is 12.3. The SMILES string of the molecule is CC(CNC(=O)CN1C(=O)COc2ccc(Cl)cc21)c1ccccc1. The fraction of sp³-hybridized carbons (Fsp3) is 0.263. The second-order valence-electron chi connectivity index (χ2n) is 6.00. The largest absolute Gasteiger partial charge is 0.482 e. The van der Waals surface area contributed by atoms with E-state index in [0.717, 1.165) is 5.56 Å². The molecule has 1 unspecified atom stereocenters. The number of fused-ring (bicyclic) bond motifs is 1. The molecule has 0 fully saturated rings. The predicted molar refractivity (Wildman–Crippen MR) is 97.2 cm³/mol. The molecule has 0 spiro atoms. The molecule has 2 amide bonds. The molecular formula is C19H19ClN2O3. The lowest BCUT2D eigenvalue weighted by molar-refractivity contribution is -0.125. The van der Waals surface area contributed by atoms with Crippen LogP contribution in [0.25, 0.3) is 0 Å². The first kappa shape index (κ1) is 17.3. The average molecular weight is 359 g/mol. The van der Waals surface area contributed by atoms with Gasteiger partial charge in [-0.3, -0.25) is 14.5 Å². The van der Waals surface area contributed by atoms with Crippen molar-refractivity contribution in [2.75, 3.05) is 24.6 Å². The number of hydrogen-bond acceptors (Lipinski definition) is 3. The zero-order chi connectivity index (χ0) is 17.8. The predicted octanol–water partition coefficient (Wildman–Crippen LogP) is 2.99. The van der Waals surface area contributed by atoms with Crippen molar-refractivity contribution >= 4 is 29.1 Å². The van der Waals surface area contributed by atoms with Crippen molar-refractivity contribution in [3.05, 3.63) is 59.1 Å². The van der Waals surface area contributed by atoms with E-state index in [9.17, 15) is 9.59 Å². The van der Waals surface area contributed by atoms with Crippen LogP contribution in [0.4, 0.5) is 5.69 Å². The van der Waals surface area contributed by atoms with E-state index < -0.39 is 0 Å². The average Bonchev–Trinajstić information content (AvgIpc) is 2.63. The highest BCUT2D eigenvalue weighted by atomic mass is 35.5. The number of ether oxygens (including phenoxy) is 1. The minimum Gasteiger partial charge on any atom is -0.482 e. The van der Waals surface area contributed by atoms with Crippen LogP contribution in [0.3, 0.4) is 0 Å². The first-order valence-corrected chi connectivity index (χ1v) is 8.47. The quantitative estimate of drug-likeness (QED) is 0.893. The number of nitrogens with zero attached hydrogens (tertiary/aromatic N) is 1. The third-order valence-electron chi connectivity index (χ3n) is 4.14. The van der Waals surface area contributed by atoms with Crippen LogP contribution in [-0.2, 0) is 9.59 Å². The number of hydrogen-bond donors (Lipinski definition) is 1. The van der Waals surface area contributed by atoms with Gasteiger partial charge >= 0.3 is 0 Å². The maximum atomic E-state index is 12.3. The van der Waals surface area contributed by atoms with Crippen LogP contribution < -0.4 is 15.0 Å². The monoisotopic (exact) mass is 358 g/mol. The molecule has 0 saturated carbocycles. The summed E-state index contributed by atoms with van der Waals surface area (Å²) in [6, 6.07) is 15.0. The highest BCUT2D eigenvalue weighted by Crippen LogP contribution is 2.34. The first-order chi connectivity index (χ1) is 12.0. The van der Waals surface area contributed by atoms with Gasteiger partial charge in [-0.05, 0) is 29.7 Å². The Balaban J connectivity index is 1.63. The summed E-state index contributed by atoms with van der Waals surface area (Å²) in [5.41, 5.74) is 1.68. The minimum atomic E-state index is -0.263. The van der Waals surface area contributed by atoms with Crippen molar-refractivity contribution in [1.29, 1.82) is 0 Å². The molecule has 1 aliphatic heterocycles. The Hall–Kier alpha value is -2.53. The Bertz CT molecular complexity index is 779. The van der Waals surface area contributed by atoms with Crippen LogP contribution >= 0.6 is 11.6 Å². The van der Waals surface area contributed by atoms with Crippen molar-refractivity contribution < 1.29 is 14.3 Å². The van der Waals surface area contributed by atoms with Crippen molar-refractivity contribution in [3.63, 3.8) is 0 Å². The molecule has 2 aromatic rings. The summed E-state index contributed by atoms with van der Waals surface area (Å²) < 4.78 is 5.38. The molecule has 0 saturated heterocycles. The molecule has 1 atom stereocenters. The van der Waals surface area contributed by atoms with Crippen LogP contribution in [0.1, 0.15) is 18.4 Å². The second-order valence-corrected chi connectivity index (χ2v) is 6.43. The van der Waals surface area contributed by atoms with Gasteiger partial charge in [0.2, 0.25) is 5.91 Å². The lowest BCUT2D eigenvalue weighted by Crippen LogP contribution is -2.45. The number of carbonyl (C=O) groups is 2. The molecule has 1 heterocycles. The summed E-state index contributed by atoms with van der Waals surface area (Å²) >= 11 is 6.00. The minimum absolute atomic E-state index is 0.0585. The Kier molecular flexibility index (Phi) is 5.24. The highest BCUT2D eigenvalue weighted by molar-refractivity contribution is 6.31. The molecule has 6 heteroatoms. The Labute approximate surface area is 151 Å². The van der Waals surface area contributed by atoms with E-state index >= 15 is 0 Å². The van der Waals surface area contributed by atoms with Crippen molar-refractivity contribution in [2.24, 2.45) is 0 Å². The van der Waals surface area contributed by atoms with E-state index in [0.29, 0.717) is 23.0 Å². The standard InChI is InChI=1S/C19H19ClN2O3/c1-13(14-5-3-2-4-6-14)10-21-18(23)11-22-16-9-15(20)7-8-17(16)25-12-19(22)24/h2-9,13H,10-12H2,1H3,(H,21,23). The molecule has 130 valence electrons. The van der Waals surface area contributed by atoms with Gasteiger partial charge < -0.3 is 10.1 Å². The number of benzene rings is 2. The van der Waals surface area contributed by atoms with E-state index in [2.05, 4.69) is 5.32 Å². The smallest absolute Gasteiger partial charge is 0.265 e. The molecule has 2 aromatic carbocycles. The van der Waals surface area contributed by atoms with Gasteiger partial charge in [0.05, 0.1) is 5.69 Å². The van der Waals surface area contributed by atoms with E-state index in [1.165, 1.54) is 4.90 Å². The van der Waals surface area contributed by atoms with Crippen molar-refractivity contribution in [2.45, 2.75) is 12.8 Å². The maximum Gasteiger partial charge on any atom is 0.265 e. The number of anilines is 1. The number of halogens is 1. The lowest BCUT2D eigenvalue weighted by Gasteiger charge is -2.29. The first-order valence-electron chi connectivity index (χ1n) is 8.09. The van der Waals surface area contributed by atoms with E-state index in [1.807, 2.05) is 37.3 Å². The van der Waals surface area contributed by atoms with Gasteiger partial charge in [-0.15, -0.1) is 0 Å². The van der Waals surface area contributed by atoms with Gasteiger partial charge in [-0.1, -0.05) is 48.9 Å².